The van der Waals surface area contributed by atoms with E-state index in [1.54, 1.807) is 0 Å². The van der Waals surface area contributed by atoms with Gasteiger partial charge in [-0.15, -0.1) is 0 Å². The summed E-state index contributed by atoms with van der Waals surface area (Å²) in [5.74, 6) is 0. The van der Waals surface area contributed by atoms with Crippen LogP contribution in [0.3, 0.4) is 0 Å². The Kier molecular flexibility index (Phi) is 20.6. The molecule has 0 aromatic heterocycles. The van der Waals surface area contributed by atoms with Crippen molar-refractivity contribution in [2.45, 2.75) is 21.7 Å². The highest BCUT2D eigenvalue weighted by molar-refractivity contribution is 5.96. The van der Waals surface area contributed by atoms with Gasteiger partial charge < -0.3 is 9.80 Å². The molecule has 0 N–H and O–H groups in total. The minimum atomic E-state index is -0.521. The van der Waals surface area contributed by atoms with Crippen molar-refractivity contribution in [2.75, 3.05) is 9.80 Å². The first-order valence-electron chi connectivity index (χ1n) is 48.0. The number of para-hydroxylation sites is 1. The fraction of sp³-hybridized carbons (Fsp3) is 0.0294. The highest BCUT2D eigenvalue weighted by Crippen LogP contribution is 2.63. The summed E-state index contributed by atoms with van der Waals surface area (Å²) >= 11 is 0. The molecule has 138 heavy (non-hydrogen) atoms. The van der Waals surface area contributed by atoms with Crippen LogP contribution in [0.4, 0.5) is 34.1 Å². The summed E-state index contributed by atoms with van der Waals surface area (Å²) < 4.78 is 0. The fourth-order valence-electron chi connectivity index (χ4n) is 23.8. The van der Waals surface area contributed by atoms with Crippen LogP contribution < -0.4 is 9.80 Å². The zero-order valence-corrected chi connectivity index (χ0v) is 76.2. The van der Waals surface area contributed by atoms with Crippen molar-refractivity contribution in [3.05, 3.63) is 659 Å². The lowest BCUT2D eigenvalue weighted by Gasteiger charge is -2.35. The zero-order chi connectivity index (χ0) is 91.6. The molecular weight excluding hydrogens is 1660 g/mol. The molecule has 0 atom stereocenters. The topological polar surface area (TPSA) is 6.48 Å². The average Bonchev–Trinajstić information content (AvgIpc) is 1.35. The highest BCUT2D eigenvalue weighted by Gasteiger charge is 2.51. The molecular formula is C136H94N2. The van der Waals surface area contributed by atoms with Crippen LogP contribution in [0, 0.1) is 0 Å². The van der Waals surface area contributed by atoms with Crippen molar-refractivity contribution in [3.63, 3.8) is 0 Å². The Balaban J connectivity index is 0.000000146. The van der Waals surface area contributed by atoms with E-state index < -0.39 is 21.7 Å². The molecule has 0 unspecified atom stereocenters. The Bertz CT molecular complexity index is 8060. The molecule has 0 fully saturated rings. The Labute approximate surface area is 808 Å². The number of rotatable bonds is 18. The number of hydrogen-bond donors (Lipinski definition) is 0. The third-order valence-corrected chi connectivity index (χ3v) is 29.7. The van der Waals surface area contributed by atoms with Gasteiger partial charge >= 0.3 is 0 Å². The van der Waals surface area contributed by atoms with Gasteiger partial charge in [-0.25, -0.2) is 0 Å². The van der Waals surface area contributed by atoms with Crippen molar-refractivity contribution in [1.82, 2.24) is 0 Å². The largest absolute Gasteiger partial charge is 0.310 e. The van der Waals surface area contributed by atoms with Gasteiger partial charge in [-0.2, -0.15) is 0 Å². The van der Waals surface area contributed by atoms with Gasteiger partial charge in [0.05, 0.1) is 27.3 Å². The molecule has 0 heterocycles. The Hall–Kier alpha value is -17.6. The number of benzene rings is 22. The van der Waals surface area contributed by atoms with E-state index in [-0.39, 0.29) is 0 Å². The first-order chi connectivity index (χ1) is 68.5. The van der Waals surface area contributed by atoms with Gasteiger partial charge in [-0.3, -0.25) is 0 Å². The Morgan fingerprint density at radius 2 is 0.290 bits per heavy atom. The maximum absolute atomic E-state index is 2.46. The van der Waals surface area contributed by atoms with E-state index in [9.17, 15) is 0 Å². The smallest absolute Gasteiger partial charge is 0.0714 e. The quantitative estimate of drug-likeness (QED) is 0.0845. The molecule has 22 aromatic carbocycles. The molecule has 2 heteroatoms. The summed E-state index contributed by atoms with van der Waals surface area (Å²) in [5.41, 5.74) is 44.9. The van der Waals surface area contributed by atoms with E-state index in [0.717, 1.165) is 34.1 Å². The molecule has 0 radical (unpaired) electrons. The molecule has 26 rings (SSSR count). The van der Waals surface area contributed by atoms with Crippen molar-refractivity contribution < 1.29 is 0 Å². The molecule has 0 aliphatic heterocycles. The highest BCUT2D eigenvalue weighted by atomic mass is 15.1. The molecule has 648 valence electrons. The van der Waals surface area contributed by atoms with Crippen LogP contribution >= 0.6 is 0 Å². The standard InChI is InChI=1S/2C68H47N/c1-5-21-50(22-6-1)57-29-16-20-36-66(57)69(56-45-46-61-60-32-15-19-35-64(60)68(65(61)47-56,52-25-9-3-10-26-52)53-27-11-4-12-28-53)55-43-39-49(40-44-55)48-37-41-54(42-38-48)67(51-23-7-2-8-24-51)62-33-17-13-30-58(62)59-31-14-18-34-63(59)67;1-5-19-48(20-6-1)50-35-41-56(42-36-50)69(58-45-46-62-61-29-15-18-32-65(61)68(66(62)47-58,53-23-9-3-10-24-53)54-25-11-4-12-26-54)57-43-37-51(38-44-57)49-33-39-55(40-34-49)67(52-21-7-2-8-22-52)63-30-16-13-27-59(63)60-28-14-17-31-64(60)67/h2*1-47H. The van der Waals surface area contributed by atoms with Gasteiger partial charge in [-0.05, 0) is 239 Å². The van der Waals surface area contributed by atoms with Crippen molar-refractivity contribution in [1.29, 1.82) is 0 Å². The normalized spacial score (nSPS) is 13.4. The molecule has 0 bridgehead atoms. The Morgan fingerprint density at radius 1 is 0.109 bits per heavy atom. The van der Waals surface area contributed by atoms with E-state index >= 15 is 0 Å². The first kappa shape index (κ1) is 82.4. The van der Waals surface area contributed by atoms with E-state index in [0.29, 0.717) is 0 Å². The molecule has 4 aliphatic rings. The van der Waals surface area contributed by atoms with E-state index in [4.69, 9.17) is 0 Å². The third kappa shape index (κ3) is 13.2. The third-order valence-electron chi connectivity index (χ3n) is 29.7. The van der Waals surface area contributed by atoms with Gasteiger partial charge in [0, 0.05) is 34.0 Å². The summed E-state index contributed by atoms with van der Waals surface area (Å²) in [5, 5.41) is 0. The lowest BCUT2D eigenvalue weighted by Crippen LogP contribution is -2.28. The first-order valence-corrected chi connectivity index (χ1v) is 48.0. The summed E-state index contributed by atoms with van der Waals surface area (Å²) in [7, 11) is 0. The molecule has 22 aromatic rings. The van der Waals surface area contributed by atoms with E-state index in [1.807, 2.05) is 0 Å². The molecule has 0 saturated heterocycles. The second-order valence-corrected chi connectivity index (χ2v) is 36.6. The van der Waals surface area contributed by atoms with Crippen LogP contribution in [0.1, 0.15) is 89.0 Å². The zero-order valence-electron chi connectivity index (χ0n) is 76.2. The van der Waals surface area contributed by atoms with E-state index in [1.165, 1.54) is 178 Å². The Morgan fingerprint density at radius 3 is 0.572 bits per heavy atom. The van der Waals surface area contributed by atoms with Crippen LogP contribution in [0.2, 0.25) is 0 Å². The maximum Gasteiger partial charge on any atom is 0.0714 e. The molecule has 4 aliphatic carbocycles. The number of nitrogens with zero attached hydrogens (tertiary/aromatic N) is 2. The lowest BCUT2D eigenvalue weighted by atomic mass is 9.67. The van der Waals surface area contributed by atoms with Crippen molar-refractivity contribution >= 4 is 34.1 Å². The molecule has 0 spiro atoms. The number of hydrogen-bond acceptors (Lipinski definition) is 2. The van der Waals surface area contributed by atoms with Crippen LogP contribution in [-0.4, -0.2) is 0 Å². The van der Waals surface area contributed by atoms with Gasteiger partial charge in [0.1, 0.15) is 0 Å². The van der Waals surface area contributed by atoms with Crippen molar-refractivity contribution in [3.8, 4) is 89.0 Å². The van der Waals surface area contributed by atoms with Crippen LogP contribution in [0.5, 0.6) is 0 Å². The minimum absolute atomic E-state index is 0.427. The summed E-state index contributed by atoms with van der Waals surface area (Å²) in [6.45, 7) is 0. The fourth-order valence-corrected chi connectivity index (χ4v) is 23.8. The average molecular weight is 1760 g/mol. The van der Waals surface area contributed by atoms with Crippen LogP contribution in [-0.2, 0) is 21.7 Å². The van der Waals surface area contributed by atoms with Crippen LogP contribution in [0.25, 0.3) is 89.0 Å². The monoisotopic (exact) mass is 1750 g/mol. The predicted molar refractivity (Wildman–Crippen MR) is 573 cm³/mol. The number of anilines is 6. The number of fused-ring (bicyclic) bond motifs is 12. The molecule has 0 amide bonds. The molecule has 0 saturated carbocycles. The van der Waals surface area contributed by atoms with Gasteiger partial charge in [0.15, 0.2) is 0 Å². The predicted octanol–water partition coefficient (Wildman–Crippen LogP) is 34.4. The summed E-state index contributed by atoms with van der Waals surface area (Å²) in [6, 6.07) is 211. The SMILES string of the molecule is c1ccc(-c2ccc(N(c3ccc(-c4ccc(C5(c6ccccc6)c6ccccc6-c6ccccc65)cc4)cc3)c3ccc4c(c3)C(c3ccccc3)(c3ccccc3)c3ccccc3-4)cc2)cc1.c1ccc(-c2ccccc2N(c2ccc(-c3ccc(C4(c5ccccc5)c5ccccc5-c5ccccc54)cc3)cc2)c2ccc3c(c2)C(c2ccccc2)(c2ccccc2)c2ccccc2-3)cc1. The minimum Gasteiger partial charge on any atom is -0.310 e. The molecule has 2 nitrogen and oxygen atoms in total. The van der Waals surface area contributed by atoms with Crippen molar-refractivity contribution in [2.24, 2.45) is 0 Å². The van der Waals surface area contributed by atoms with Crippen LogP contribution in [0.15, 0.2) is 570 Å². The summed E-state index contributed by atoms with van der Waals surface area (Å²) in [6.07, 6.45) is 0. The second-order valence-electron chi connectivity index (χ2n) is 36.6. The summed E-state index contributed by atoms with van der Waals surface area (Å²) in [4.78, 5) is 4.88. The second kappa shape index (κ2) is 34.5. The maximum atomic E-state index is 2.46. The van der Waals surface area contributed by atoms with Gasteiger partial charge in [-0.1, -0.05) is 504 Å². The lowest BCUT2D eigenvalue weighted by molar-refractivity contribution is 0.768. The van der Waals surface area contributed by atoms with E-state index in [2.05, 4.69) is 580 Å². The van der Waals surface area contributed by atoms with Gasteiger partial charge in [0.2, 0.25) is 0 Å². The van der Waals surface area contributed by atoms with Gasteiger partial charge in [0.25, 0.3) is 0 Å².